The van der Waals surface area contributed by atoms with Crippen molar-refractivity contribution in [1.82, 2.24) is 4.41 Å². The summed E-state index contributed by atoms with van der Waals surface area (Å²) >= 11 is 0. The molecule has 4 rings (SSSR count). The van der Waals surface area contributed by atoms with Crippen molar-refractivity contribution in [2.45, 2.75) is 17.4 Å². The minimum absolute atomic E-state index is 0.174. The van der Waals surface area contributed by atoms with Gasteiger partial charge in [-0.25, -0.2) is 0 Å². The van der Waals surface area contributed by atoms with E-state index >= 15 is 0 Å². The van der Waals surface area contributed by atoms with E-state index in [4.69, 9.17) is 14.2 Å². The van der Waals surface area contributed by atoms with Crippen LogP contribution < -0.4 is 14.2 Å². The minimum Gasteiger partial charge on any atom is -0.497 e. The zero-order valence-corrected chi connectivity index (χ0v) is 18.9. The molecule has 0 aromatic heterocycles. The second kappa shape index (κ2) is 8.92. The van der Waals surface area contributed by atoms with Gasteiger partial charge in [0.25, 0.3) is 10.0 Å². The van der Waals surface area contributed by atoms with Crippen molar-refractivity contribution in [3.63, 3.8) is 0 Å². The van der Waals surface area contributed by atoms with E-state index in [1.165, 1.54) is 4.41 Å². The Labute approximate surface area is 187 Å². The van der Waals surface area contributed by atoms with E-state index in [9.17, 15) is 8.42 Å². The summed E-state index contributed by atoms with van der Waals surface area (Å²) in [5, 5.41) is 4.59. The molecule has 0 saturated heterocycles. The SMILES string of the molecule is COc1cc(OC)cc(C2=NN(S(=O)(=O)c3ccccc3)[C@H](c3ccccc3OC)C2)c1. The molecule has 0 bridgehead atoms. The van der Waals surface area contributed by atoms with E-state index in [1.54, 1.807) is 57.7 Å². The lowest BCUT2D eigenvalue weighted by atomic mass is 9.98. The fraction of sp³-hybridized carbons (Fsp3) is 0.208. The van der Waals surface area contributed by atoms with Gasteiger partial charge in [0.15, 0.2) is 0 Å². The fourth-order valence-electron chi connectivity index (χ4n) is 3.73. The lowest BCUT2D eigenvalue weighted by Gasteiger charge is -2.24. The Hall–Kier alpha value is -3.52. The summed E-state index contributed by atoms with van der Waals surface area (Å²) in [6, 6.07) is 20.5. The molecule has 3 aromatic rings. The highest BCUT2D eigenvalue weighted by molar-refractivity contribution is 7.89. The highest BCUT2D eigenvalue weighted by Crippen LogP contribution is 2.41. The number of sulfonamides is 1. The van der Waals surface area contributed by atoms with Crippen LogP contribution in [0.5, 0.6) is 17.2 Å². The van der Waals surface area contributed by atoms with E-state index in [0.29, 0.717) is 29.4 Å². The molecule has 7 nitrogen and oxygen atoms in total. The van der Waals surface area contributed by atoms with Gasteiger partial charge in [-0.15, -0.1) is 0 Å². The third-order valence-corrected chi connectivity index (χ3v) is 7.04. The number of ether oxygens (including phenoxy) is 3. The number of hydrogen-bond acceptors (Lipinski definition) is 6. The maximum absolute atomic E-state index is 13.6. The summed E-state index contributed by atoms with van der Waals surface area (Å²) in [7, 11) is 0.799. The maximum atomic E-state index is 13.6. The van der Waals surface area contributed by atoms with Crippen molar-refractivity contribution in [3.8, 4) is 17.2 Å². The Kier molecular flexibility index (Phi) is 6.05. The summed E-state index contributed by atoms with van der Waals surface area (Å²) in [6.07, 6.45) is 0.364. The number of hydrogen-bond donors (Lipinski definition) is 0. The Morgan fingerprint density at radius 1 is 0.844 bits per heavy atom. The number of nitrogens with zero attached hydrogens (tertiary/aromatic N) is 2. The van der Waals surface area contributed by atoms with Crippen molar-refractivity contribution in [2.75, 3.05) is 21.3 Å². The fourth-order valence-corrected chi connectivity index (χ4v) is 5.18. The third kappa shape index (κ3) is 4.01. The largest absolute Gasteiger partial charge is 0.497 e. The molecule has 8 heteroatoms. The normalized spacial score (nSPS) is 15.9. The topological polar surface area (TPSA) is 77.4 Å². The molecule has 0 N–H and O–H groups in total. The van der Waals surface area contributed by atoms with Crippen LogP contribution in [0.1, 0.15) is 23.6 Å². The predicted octanol–water partition coefficient (Wildman–Crippen LogP) is 4.25. The molecule has 1 heterocycles. The Balaban J connectivity index is 1.85. The summed E-state index contributed by atoms with van der Waals surface area (Å²) in [5.41, 5.74) is 2.08. The van der Waals surface area contributed by atoms with Crippen molar-refractivity contribution in [2.24, 2.45) is 5.10 Å². The van der Waals surface area contributed by atoms with Crippen LogP contribution in [0.15, 0.2) is 82.8 Å². The molecule has 3 aromatic carbocycles. The van der Waals surface area contributed by atoms with Crippen LogP contribution in [0, 0.1) is 0 Å². The van der Waals surface area contributed by atoms with Gasteiger partial charge in [-0.05, 0) is 30.3 Å². The van der Waals surface area contributed by atoms with Crippen LogP contribution in [-0.2, 0) is 10.0 Å². The van der Waals surface area contributed by atoms with E-state index < -0.39 is 16.1 Å². The standard InChI is InChI=1S/C24H24N2O5S/c1-29-18-13-17(14-19(15-18)30-2)22-16-23(21-11-7-8-12-24(21)31-3)26(25-22)32(27,28)20-9-5-4-6-10-20/h4-15,23H,16H2,1-3H3/t23-/m0/s1. The van der Waals surface area contributed by atoms with Crippen LogP contribution in [0.2, 0.25) is 0 Å². The second-order valence-corrected chi connectivity index (χ2v) is 9.00. The molecular weight excluding hydrogens is 428 g/mol. The van der Waals surface area contributed by atoms with Gasteiger partial charge in [-0.2, -0.15) is 17.9 Å². The Morgan fingerprint density at radius 2 is 1.47 bits per heavy atom. The van der Waals surface area contributed by atoms with Crippen LogP contribution in [0.3, 0.4) is 0 Å². The molecule has 0 amide bonds. The minimum atomic E-state index is -3.91. The van der Waals surface area contributed by atoms with Gasteiger partial charge in [0.05, 0.1) is 38.0 Å². The molecule has 166 valence electrons. The number of para-hydroxylation sites is 1. The molecule has 0 aliphatic carbocycles. The first-order chi connectivity index (χ1) is 15.5. The average molecular weight is 453 g/mol. The molecule has 1 aliphatic rings. The first-order valence-corrected chi connectivity index (χ1v) is 11.4. The Bertz CT molecular complexity index is 1220. The quantitative estimate of drug-likeness (QED) is 0.536. The van der Waals surface area contributed by atoms with Crippen molar-refractivity contribution < 1.29 is 22.6 Å². The third-order valence-electron chi connectivity index (χ3n) is 5.34. The molecular formula is C24H24N2O5S. The smallest absolute Gasteiger partial charge is 0.279 e. The Morgan fingerprint density at radius 3 is 2.09 bits per heavy atom. The van der Waals surface area contributed by atoms with Crippen LogP contribution >= 0.6 is 0 Å². The summed E-state index contributed by atoms with van der Waals surface area (Å²) in [4.78, 5) is 0.174. The first-order valence-electron chi connectivity index (χ1n) is 10.0. The summed E-state index contributed by atoms with van der Waals surface area (Å²) in [5.74, 6) is 1.80. The maximum Gasteiger partial charge on any atom is 0.279 e. The molecule has 0 radical (unpaired) electrons. The molecule has 1 atom stereocenters. The van der Waals surface area contributed by atoms with Gasteiger partial charge in [-0.3, -0.25) is 0 Å². The summed E-state index contributed by atoms with van der Waals surface area (Å²) in [6.45, 7) is 0. The van der Waals surface area contributed by atoms with Crippen molar-refractivity contribution in [3.05, 3.63) is 83.9 Å². The van der Waals surface area contributed by atoms with E-state index in [1.807, 2.05) is 36.4 Å². The van der Waals surface area contributed by atoms with Gasteiger partial charge < -0.3 is 14.2 Å². The van der Waals surface area contributed by atoms with Crippen LogP contribution in [0.25, 0.3) is 0 Å². The zero-order valence-electron chi connectivity index (χ0n) is 18.1. The predicted molar refractivity (Wildman–Crippen MR) is 122 cm³/mol. The molecule has 0 unspecified atom stereocenters. The van der Waals surface area contributed by atoms with E-state index in [2.05, 4.69) is 5.10 Å². The van der Waals surface area contributed by atoms with Gasteiger partial charge in [0.1, 0.15) is 17.2 Å². The van der Waals surface area contributed by atoms with Crippen LogP contribution in [-0.4, -0.2) is 39.9 Å². The van der Waals surface area contributed by atoms with E-state index in [0.717, 1.165) is 11.1 Å². The van der Waals surface area contributed by atoms with Gasteiger partial charge >= 0.3 is 0 Å². The molecule has 0 saturated carbocycles. The average Bonchev–Trinajstić information content (AvgIpc) is 3.30. The summed E-state index contributed by atoms with van der Waals surface area (Å²) < 4.78 is 44.6. The number of rotatable bonds is 7. The first kappa shape index (κ1) is 21.7. The number of methoxy groups -OCH3 is 3. The lowest BCUT2D eigenvalue weighted by Crippen LogP contribution is -2.27. The monoisotopic (exact) mass is 452 g/mol. The molecule has 0 fully saturated rings. The highest BCUT2D eigenvalue weighted by Gasteiger charge is 2.39. The number of hydrazone groups is 1. The van der Waals surface area contributed by atoms with Gasteiger partial charge in [0, 0.05) is 23.6 Å². The van der Waals surface area contributed by atoms with Crippen molar-refractivity contribution in [1.29, 1.82) is 0 Å². The van der Waals surface area contributed by atoms with Gasteiger partial charge in [0.2, 0.25) is 0 Å². The molecule has 1 aliphatic heterocycles. The van der Waals surface area contributed by atoms with Gasteiger partial charge in [-0.1, -0.05) is 36.4 Å². The van der Waals surface area contributed by atoms with Crippen molar-refractivity contribution >= 4 is 15.7 Å². The number of benzene rings is 3. The second-order valence-electron chi connectivity index (χ2n) is 7.20. The molecule has 32 heavy (non-hydrogen) atoms. The molecule has 0 spiro atoms. The lowest BCUT2D eigenvalue weighted by molar-refractivity contribution is 0.350. The highest BCUT2D eigenvalue weighted by atomic mass is 32.2. The van der Waals surface area contributed by atoms with Crippen LogP contribution in [0.4, 0.5) is 0 Å². The van der Waals surface area contributed by atoms with E-state index in [-0.39, 0.29) is 4.90 Å². The zero-order chi connectivity index (χ0) is 22.7.